The van der Waals surface area contributed by atoms with Crippen LogP contribution < -0.4 is 5.32 Å². The van der Waals surface area contributed by atoms with Crippen molar-refractivity contribution in [3.05, 3.63) is 0 Å². The maximum atomic E-state index is 3.65. The smallest absolute Gasteiger partial charge is 0.0220 e. The lowest BCUT2D eigenvalue weighted by molar-refractivity contribution is 0.200. The SMILES string of the molecule is CC1CCNC1CN(C)CC1CC2CCC1C2. The van der Waals surface area contributed by atoms with Crippen LogP contribution in [0.25, 0.3) is 0 Å². The van der Waals surface area contributed by atoms with Crippen LogP contribution in [0, 0.1) is 23.7 Å². The lowest BCUT2D eigenvalue weighted by atomic mass is 9.88. The van der Waals surface area contributed by atoms with Gasteiger partial charge in [-0.3, -0.25) is 0 Å². The third-order valence-electron chi connectivity index (χ3n) is 5.63. The van der Waals surface area contributed by atoms with Crippen LogP contribution >= 0.6 is 0 Å². The number of hydrogen-bond donors (Lipinski definition) is 1. The molecule has 0 spiro atoms. The highest BCUT2D eigenvalue weighted by atomic mass is 15.1. The third kappa shape index (κ3) is 2.53. The molecule has 1 saturated heterocycles. The predicted molar refractivity (Wildman–Crippen MR) is 72.0 cm³/mol. The molecule has 0 aromatic carbocycles. The van der Waals surface area contributed by atoms with Crippen LogP contribution in [0.1, 0.15) is 39.0 Å². The van der Waals surface area contributed by atoms with Gasteiger partial charge in [-0.05, 0) is 62.9 Å². The van der Waals surface area contributed by atoms with E-state index in [0.717, 1.165) is 29.7 Å². The summed E-state index contributed by atoms with van der Waals surface area (Å²) in [6.07, 6.45) is 7.51. The van der Waals surface area contributed by atoms with Crippen molar-refractivity contribution < 1.29 is 0 Å². The summed E-state index contributed by atoms with van der Waals surface area (Å²) in [5.74, 6) is 4.08. The minimum Gasteiger partial charge on any atom is -0.312 e. The highest BCUT2D eigenvalue weighted by Crippen LogP contribution is 2.48. The van der Waals surface area contributed by atoms with Crippen LogP contribution in [0.2, 0.25) is 0 Å². The van der Waals surface area contributed by atoms with Gasteiger partial charge in [0.15, 0.2) is 0 Å². The monoisotopic (exact) mass is 236 g/mol. The average Bonchev–Trinajstić information content (AvgIpc) is 2.96. The van der Waals surface area contributed by atoms with E-state index in [1.54, 1.807) is 6.42 Å². The molecule has 0 amide bonds. The van der Waals surface area contributed by atoms with E-state index >= 15 is 0 Å². The second-order valence-electron chi connectivity index (χ2n) is 6.98. The second-order valence-corrected chi connectivity index (χ2v) is 6.98. The summed E-state index contributed by atoms with van der Waals surface area (Å²) < 4.78 is 0. The van der Waals surface area contributed by atoms with Crippen LogP contribution in [-0.2, 0) is 0 Å². The Morgan fingerprint density at radius 3 is 2.59 bits per heavy atom. The fraction of sp³-hybridized carbons (Fsp3) is 1.00. The van der Waals surface area contributed by atoms with E-state index < -0.39 is 0 Å². The zero-order chi connectivity index (χ0) is 11.8. The highest BCUT2D eigenvalue weighted by Gasteiger charge is 2.39. The van der Waals surface area contributed by atoms with Gasteiger partial charge in [0.25, 0.3) is 0 Å². The van der Waals surface area contributed by atoms with Gasteiger partial charge < -0.3 is 10.2 Å². The molecule has 17 heavy (non-hydrogen) atoms. The van der Waals surface area contributed by atoms with Crippen LogP contribution in [0.5, 0.6) is 0 Å². The molecule has 1 N–H and O–H groups in total. The Hall–Kier alpha value is -0.0800. The molecule has 1 heterocycles. The van der Waals surface area contributed by atoms with Crippen molar-refractivity contribution in [2.24, 2.45) is 23.7 Å². The van der Waals surface area contributed by atoms with Crippen molar-refractivity contribution in [3.8, 4) is 0 Å². The number of fused-ring (bicyclic) bond motifs is 2. The summed E-state index contributed by atoms with van der Waals surface area (Å²) in [6, 6.07) is 0.749. The largest absolute Gasteiger partial charge is 0.312 e. The van der Waals surface area contributed by atoms with E-state index in [9.17, 15) is 0 Å². The van der Waals surface area contributed by atoms with Gasteiger partial charge in [-0.1, -0.05) is 13.3 Å². The van der Waals surface area contributed by atoms with Gasteiger partial charge in [-0.25, -0.2) is 0 Å². The molecule has 2 saturated carbocycles. The maximum absolute atomic E-state index is 3.65. The first-order valence-corrected chi connectivity index (χ1v) is 7.64. The second kappa shape index (κ2) is 4.89. The minimum absolute atomic E-state index is 0.749. The molecule has 1 aliphatic heterocycles. The van der Waals surface area contributed by atoms with Gasteiger partial charge in [0, 0.05) is 19.1 Å². The summed E-state index contributed by atoms with van der Waals surface area (Å²) in [5.41, 5.74) is 0. The number of hydrogen-bond acceptors (Lipinski definition) is 2. The molecule has 5 atom stereocenters. The van der Waals surface area contributed by atoms with Gasteiger partial charge in [0.05, 0.1) is 0 Å². The van der Waals surface area contributed by atoms with E-state index in [1.165, 1.54) is 45.3 Å². The fourth-order valence-electron chi connectivity index (χ4n) is 4.55. The lowest BCUT2D eigenvalue weighted by Crippen LogP contribution is -2.40. The Labute approximate surface area is 106 Å². The van der Waals surface area contributed by atoms with Crippen molar-refractivity contribution in [1.82, 2.24) is 10.2 Å². The molecule has 2 nitrogen and oxygen atoms in total. The Balaban J connectivity index is 1.45. The van der Waals surface area contributed by atoms with E-state index in [1.807, 2.05) is 0 Å². The normalized spacial score (nSPS) is 45.0. The topological polar surface area (TPSA) is 15.3 Å². The quantitative estimate of drug-likeness (QED) is 0.806. The summed E-state index contributed by atoms with van der Waals surface area (Å²) in [6.45, 7) is 6.24. The van der Waals surface area contributed by atoms with Crippen molar-refractivity contribution >= 4 is 0 Å². The summed E-state index contributed by atoms with van der Waals surface area (Å²) >= 11 is 0. The molecule has 3 fully saturated rings. The van der Waals surface area contributed by atoms with Crippen molar-refractivity contribution in [2.45, 2.75) is 45.1 Å². The van der Waals surface area contributed by atoms with Gasteiger partial charge in [-0.15, -0.1) is 0 Å². The summed E-state index contributed by atoms with van der Waals surface area (Å²) in [7, 11) is 2.33. The van der Waals surface area contributed by atoms with Crippen LogP contribution in [-0.4, -0.2) is 37.6 Å². The van der Waals surface area contributed by atoms with E-state index in [0.29, 0.717) is 0 Å². The molecule has 2 heteroatoms. The molecule has 2 aliphatic carbocycles. The molecule has 5 unspecified atom stereocenters. The zero-order valence-corrected chi connectivity index (χ0v) is 11.5. The van der Waals surface area contributed by atoms with Gasteiger partial charge in [-0.2, -0.15) is 0 Å². The van der Waals surface area contributed by atoms with Crippen molar-refractivity contribution in [3.63, 3.8) is 0 Å². The van der Waals surface area contributed by atoms with E-state index in [2.05, 4.69) is 24.2 Å². The first-order chi connectivity index (χ1) is 8.22. The zero-order valence-electron chi connectivity index (χ0n) is 11.5. The van der Waals surface area contributed by atoms with Crippen molar-refractivity contribution in [1.29, 1.82) is 0 Å². The Kier molecular flexibility index (Phi) is 3.45. The van der Waals surface area contributed by atoms with Gasteiger partial charge in [0.2, 0.25) is 0 Å². The summed E-state index contributed by atoms with van der Waals surface area (Å²) in [4.78, 5) is 2.60. The Bertz CT molecular complexity index is 266. The fourth-order valence-corrected chi connectivity index (χ4v) is 4.55. The molecule has 0 aromatic heterocycles. The molecule has 3 rings (SSSR count). The average molecular weight is 236 g/mol. The molecular formula is C15H28N2. The molecule has 2 bridgehead atoms. The molecular weight excluding hydrogens is 208 g/mol. The molecule has 0 radical (unpaired) electrons. The maximum Gasteiger partial charge on any atom is 0.0220 e. The number of rotatable bonds is 4. The number of nitrogens with zero attached hydrogens (tertiary/aromatic N) is 1. The predicted octanol–water partition coefficient (Wildman–Crippen LogP) is 2.35. The van der Waals surface area contributed by atoms with Crippen molar-refractivity contribution in [2.75, 3.05) is 26.7 Å². The highest BCUT2D eigenvalue weighted by molar-refractivity contribution is 4.91. The van der Waals surface area contributed by atoms with Gasteiger partial charge >= 0.3 is 0 Å². The molecule has 3 aliphatic rings. The third-order valence-corrected chi connectivity index (χ3v) is 5.63. The first-order valence-electron chi connectivity index (χ1n) is 7.64. The van der Waals surface area contributed by atoms with Crippen LogP contribution in [0.15, 0.2) is 0 Å². The number of likely N-dealkylation sites (N-methyl/N-ethyl adjacent to an activating group) is 1. The molecule has 98 valence electrons. The lowest BCUT2D eigenvalue weighted by Gasteiger charge is -2.29. The number of nitrogens with one attached hydrogen (secondary N) is 1. The van der Waals surface area contributed by atoms with E-state index in [4.69, 9.17) is 0 Å². The standard InChI is InChI=1S/C15H28N2/c1-11-5-6-16-15(11)10-17(2)9-14-8-12-3-4-13(14)7-12/h11-16H,3-10H2,1-2H3. The first kappa shape index (κ1) is 12.0. The Morgan fingerprint density at radius 1 is 1.12 bits per heavy atom. The Morgan fingerprint density at radius 2 is 2.00 bits per heavy atom. The van der Waals surface area contributed by atoms with Gasteiger partial charge in [0.1, 0.15) is 0 Å². The molecule has 0 aromatic rings. The minimum atomic E-state index is 0.749. The van der Waals surface area contributed by atoms with E-state index in [-0.39, 0.29) is 0 Å². The van der Waals surface area contributed by atoms with Crippen LogP contribution in [0.3, 0.4) is 0 Å². The summed E-state index contributed by atoms with van der Waals surface area (Å²) in [5, 5.41) is 3.65. The van der Waals surface area contributed by atoms with Crippen LogP contribution in [0.4, 0.5) is 0 Å².